The molecule has 22 heavy (non-hydrogen) atoms. The van der Waals surface area contributed by atoms with Crippen molar-refractivity contribution in [2.75, 3.05) is 19.7 Å². The minimum absolute atomic E-state index is 0.158. The molecular formula is C17H16ClNO3. The molecule has 2 aromatic rings. The first-order chi connectivity index (χ1) is 10.7. The first-order valence-electron chi connectivity index (χ1n) is 7.11. The molecule has 0 saturated carbocycles. The molecule has 5 heteroatoms. The SMILES string of the molecule is O=C(Oc1ccccc1)N1CCO[C@H](c2ccc(Cl)cc2)C1. The van der Waals surface area contributed by atoms with Crippen LogP contribution in [0.2, 0.25) is 5.02 Å². The van der Waals surface area contributed by atoms with E-state index in [4.69, 9.17) is 21.1 Å². The van der Waals surface area contributed by atoms with Gasteiger partial charge in [-0.2, -0.15) is 0 Å². The van der Waals surface area contributed by atoms with Gasteiger partial charge in [0.1, 0.15) is 11.9 Å². The Bertz CT molecular complexity index is 630. The van der Waals surface area contributed by atoms with E-state index >= 15 is 0 Å². The van der Waals surface area contributed by atoms with Gasteiger partial charge in [-0.05, 0) is 29.8 Å². The number of rotatable bonds is 2. The minimum atomic E-state index is -0.353. The number of ether oxygens (including phenoxy) is 2. The third kappa shape index (κ3) is 3.59. The highest BCUT2D eigenvalue weighted by Gasteiger charge is 2.26. The average Bonchev–Trinajstić information content (AvgIpc) is 2.56. The summed E-state index contributed by atoms with van der Waals surface area (Å²) in [6, 6.07) is 16.5. The summed E-state index contributed by atoms with van der Waals surface area (Å²) in [6.45, 7) is 1.47. The lowest BCUT2D eigenvalue weighted by Gasteiger charge is -2.32. The Balaban J connectivity index is 1.65. The van der Waals surface area contributed by atoms with Gasteiger partial charge >= 0.3 is 6.09 Å². The van der Waals surface area contributed by atoms with E-state index in [1.54, 1.807) is 17.0 Å². The van der Waals surface area contributed by atoms with E-state index in [9.17, 15) is 4.79 Å². The number of halogens is 1. The first kappa shape index (κ1) is 14.9. The maximum atomic E-state index is 12.2. The van der Waals surface area contributed by atoms with Gasteiger partial charge in [0.15, 0.2) is 0 Å². The maximum absolute atomic E-state index is 12.2. The van der Waals surface area contributed by atoms with Crippen LogP contribution >= 0.6 is 11.6 Å². The largest absolute Gasteiger partial charge is 0.415 e. The number of amides is 1. The van der Waals surface area contributed by atoms with E-state index in [1.165, 1.54) is 0 Å². The summed E-state index contributed by atoms with van der Waals surface area (Å²) in [4.78, 5) is 13.9. The highest BCUT2D eigenvalue weighted by Crippen LogP contribution is 2.24. The first-order valence-corrected chi connectivity index (χ1v) is 7.49. The van der Waals surface area contributed by atoms with Gasteiger partial charge in [0.2, 0.25) is 0 Å². The quantitative estimate of drug-likeness (QED) is 0.843. The van der Waals surface area contributed by atoms with Crippen molar-refractivity contribution in [2.45, 2.75) is 6.10 Å². The van der Waals surface area contributed by atoms with Crippen molar-refractivity contribution in [3.8, 4) is 5.75 Å². The topological polar surface area (TPSA) is 38.8 Å². The van der Waals surface area contributed by atoms with Crippen molar-refractivity contribution in [3.05, 3.63) is 65.2 Å². The van der Waals surface area contributed by atoms with Crippen molar-refractivity contribution in [1.29, 1.82) is 0 Å². The molecule has 3 rings (SSSR count). The molecule has 1 saturated heterocycles. The Labute approximate surface area is 134 Å². The van der Waals surface area contributed by atoms with E-state index in [-0.39, 0.29) is 12.2 Å². The highest BCUT2D eigenvalue weighted by molar-refractivity contribution is 6.30. The van der Waals surface area contributed by atoms with Crippen LogP contribution in [0, 0.1) is 0 Å². The third-order valence-corrected chi connectivity index (χ3v) is 3.77. The Morgan fingerprint density at radius 3 is 2.59 bits per heavy atom. The number of hydrogen-bond acceptors (Lipinski definition) is 3. The van der Waals surface area contributed by atoms with Crippen LogP contribution in [0.25, 0.3) is 0 Å². The van der Waals surface area contributed by atoms with Gasteiger partial charge in [0.25, 0.3) is 0 Å². The monoisotopic (exact) mass is 317 g/mol. The molecule has 0 aliphatic carbocycles. The van der Waals surface area contributed by atoms with Crippen LogP contribution in [0.5, 0.6) is 5.75 Å². The summed E-state index contributed by atoms with van der Waals surface area (Å²) in [5.74, 6) is 0.544. The third-order valence-electron chi connectivity index (χ3n) is 3.51. The van der Waals surface area contributed by atoms with E-state index in [0.717, 1.165) is 5.56 Å². The van der Waals surface area contributed by atoms with Crippen LogP contribution in [0.1, 0.15) is 11.7 Å². The lowest BCUT2D eigenvalue weighted by atomic mass is 10.1. The molecule has 0 bridgehead atoms. The Morgan fingerprint density at radius 2 is 1.86 bits per heavy atom. The zero-order valence-electron chi connectivity index (χ0n) is 11.9. The van der Waals surface area contributed by atoms with Gasteiger partial charge in [0, 0.05) is 11.6 Å². The molecule has 1 aliphatic heterocycles. The second-order valence-electron chi connectivity index (χ2n) is 5.04. The zero-order valence-corrected chi connectivity index (χ0v) is 12.7. The predicted molar refractivity (Wildman–Crippen MR) is 84.2 cm³/mol. The fraction of sp³-hybridized carbons (Fsp3) is 0.235. The Hall–Kier alpha value is -2.04. The molecule has 0 unspecified atom stereocenters. The summed E-state index contributed by atoms with van der Waals surface area (Å²) in [5, 5.41) is 0.680. The van der Waals surface area contributed by atoms with Gasteiger partial charge in [-0.15, -0.1) is 0 Å². The van der Waals surface area contributed by atoms with E-state index in [0.29, 0.717) is 30.5 Å². The van der Waals surface area contributed by atoms with Crippen LogP contribution in [0.15, 0.2) is 54.6 Å². The number of morpholine rings is 1. The van der Waals surface area contributed by atoms with Crippen LogP contribution in [-0.4, -0.2) is 30.7 Å². The number of carbonyl (C=O) groups is 1. The summed E-state index contributed by atoms with van der Waals surface area (Å²) >= 11 is 5.89. The molecule has 0 radical (unpaired) electrons. The van der Waals surface area contributed by atoms with Crippen LogP contribution in [0.4, 0.5) is 4.79 Å². The van der Waals surface area contributed by atoms with E-state index in [2.05, 4.69) is 0 Å². The summed E-state index contributed by atoms with van der Waals surface area (Å²) in [6.07, 6.45) is -0.511. The van der Waals surface area contributed by atoms with Crippen molar-refractivity contribution >= 4 is 17.7 Å². The smallest absolute Gasteiger partial charge is 0.410 e. The lowest BCUT2D eigenvalue weighted by molar-refractivity contribution is -0.0218. The number of nitrogens with zero attached hydrogens (tertiary/aromatic N) is 1. The van der Waals surface area contributed by atoms with Crippen LogP contribution < -0.4 is 4.74 Å². The normalized spacial score (nSPS) is 18.0. The molecule has 1 atom stereocenters. The zero-order chi connectivity index (χ0) is 15.4. The maximum Gasteiger partial charge on any atom is 0.415 e. The van der Waals surface area contributed by atoms with E-state index < -0.39 is 0 Å². The molecule has 0 spiro atoms. The second kappa shape index (κ2) is 6.81. The van der Waals surface area contributed by atoms with E-state index in [1.807, 2.05) is 42.5 Å². The number of para-hydroxylation sites is 1. The summed E-state index contributed by atoms with van der Waals surface area (Å²) < 4.78 is 11.1. The molecular weight excluding hydrogens is 302 g/mol. The fourth-order valence-corrected chi connectivity index (χ4v) is 2.47. The summed E-state index contributed by atoms with van der Waals surface area (Å²) in [7, 11) is 0. The molecule has 0 N–H and O–H groups in total. The van der Waals surface area contributed by atoms with Crippen LogP contribution in [-0.2, 0) is 4.74 Å². The second-order valence-corrected chi connectivity index (χ2v) is 5.47. The number of benzene rings is 2. The van der Waals surface area contributed by atoms with Gasteiger partial charge in [0.05, 0.1) is 13.2 Å². The summed E-state index contributed by atoms with van der Waals surface area (Å²) in [5.41, 5.74) is 1.00. The average molecular weight is 318 g/mol. The molecule has 114 valence electrons. The molecule has 0 aromatic heterocycles. The molecule has 1 fully saturated rings. The minimum Gasteiger partial charge on any atom is -0.410 e. The Kier molecular flexibility index (Phi) is 4.61. The van der Waals surface area contributed by atoms with Crippen molar-refractivity contribution in [3.63, 3.8) is 0 Å². The van der Waals surface area contributed by atoms with Gasteiger partial charge in [-0.25, -0.2) is 4.79 Å². The molecule has 1 amide bonds. The Morgan fingerprint density at radius 1 is 1.14 bits per heavy atom. The lowest BCUT2D eigenvalue weighted by Crippen LogP contribution is -2.43. The highest BCUT2D eigenvalue weighted by atomic mass is 35.5. The predicted octanol–water partition coefficient (Wildman–Crippen LogP) is 3.91. The van der Waals surface area contributed by atoms with Gasteiger partial charge < -0.3 is 14.4 Å². The molecule has 2 aromatic carbocycles. The van der Waals surface area contributed by atoms with Crippen molar-refractivity contribution < 1.29 is 14.3 Å². The molecule has 1 aliphatic rings. The van der Waals surface area contributed by atoms with Crippen molar-refractivity contribution in [2.24, 2.45) is 0 Å². The van der Waals surface area contributed by atoms with Gasteiger partial charge in [-0.3, -0.25) is 0 Å². The van der Waals surface area contributed by atoms with Crippen LogP contribution in [0.3, 0.4) is 0 Å². The fourth-order valence-electron chi connectivity index (χ4n) is 2.35. The van der Waals surface area contributed by atoms with Crippen molar-refractivity contribution in [1.82, 2.24) is 4.90 Å². The van der Waals surface area contributed by atoms with Gasteiger partial charge in [-0.1, -0.05) is 41.9 Å². The number of carbonyl (C=O) groups excluding carboxylic acids is 1. The molecule has 4 nitrogen and oxygen atoms in total. The standard InChI is InChI=1S/C17H16ClNO3/c18-14-8-6-13(7-9-14)16-12-19(10-11-21-16)17(20)22-15-4-2-1-3-5-15/h1-9,16H,10-12H2/t16-/m0/s1. The number of hydrogen-bond donors (Lipinski definition) is 0. The molecule has 1 heterocycles.